The van der Waals surface area contributed by atoms with E-state index in [1.54, 1.807) is 0 Å². The number of aryl methyl sites for hydroxylation is 1. The first-order valence-corrected chi connectivity index (χ1v) is 7.56. The van der Waals surface area contributed by atoms with E-state index in [-0.39, 0.29) is 0 Å². The quantitative estimate of drug-likeness (QED) is 0.862. The number of nitrogens with zero attached hydrogens (tertiary/aromatic N) is 3. The van der Waals surface area contributed by atoms with Crippen molar-refractivity contribution in [2.75, 3.05) is 32.8 Å². The van der Waals surface area contributed by atoms with Gasteiger partial charge in [0.2, 0.25) is 0 Å². The van der Waals surface area contributed by atoms with Gasteiger partial charge in [0.05, 0.1) is 18.7 Å². The van der Waals surface area contributed by atoms with Gasteiger partial charge in [0.25, 0.3) is 0 Å². The Morgan fingerprint density at radius 3 is 3.05 bits per heavy atom. The first-order valence-electron chi connectivity index (χ1n) is 7.56. The number of aromatic nitrogens is 3. The molecular weight excluding hydrogens is 266 g/mol. The summed E-state index contributed by atoms with van der Waals surface area (Å²) < 4.78 is 5.38. The number of nitrogens with one attached hydrogen (secondary N) is 2. The molecule has 0 aromatic carbocycles. The summed E-state index contributed by atoms with van der Waals surface area (Å²) in [5.74, 6) is 0.909. The first-order chi connectivity index (χ1) is 10.2. The average molecular weight is 289 g/mol. The van der Waals surface area contributed by atoms with Crippen molar-refractivity contribution in [1.29, 1.82) is 0 Å². The maximum Gasteiger partial charge on any atom is 0.177 e. The Balaban J connectivity index is 1.58. The number of fused-ring (bicyclic) bond motifs is 1. The molecule has 1 aliphatic heterocycles. The monoisotopic (exact) mass is 289 g/mol. The molecule has 2 aromatic heterocycles. The molecule has 0 radical (unpaired) electrons. The van der Waals surface area contributed by atoms with E-state index in [2.05, 4.69) is 38.2 Å². The van der Waals surface area contributed by atoms with Crippen LogP contribution in [0.25, 0.3) is 11.2 Å². The molecule has 0 saturated carbocycles. The normalized spacial score (nSPS) is 18.2. The molecule has 1 aliphatic rings. The van der Waals surface area contributed by atoms with Crippen molar-refractivity contribution in [2.24, 2.45) is 0 Å². The summed E-state index contributed by atoms with van der Waals surface area (Å²) in [7, 11) is 0. The van der Waals surface area contributed by atoms with Gasteiger partial charge in [-0.05, 0) is 25.5 Å². The molecule has 0 bridgehead atoms. The van der Waals surface area contributed by atoms with E-state index >= 15 is 0 Å². The van der Waals surface area contributed by atoms with E-state index in [0.717, 1.165) is 56.4 Å². The van der Waals surface area contributed by atoms with Gasteiger partial charge < -0.3 is 15.0 Å². The molecule has 0 amide bonds. The third kappa shape index (κ3) is 3.58. The molecule has 1 unspecified atom stereocenters. The summed E-state index contributed by atoms with van der Waals surface area (Å²) in [6.07, 6.45) is 1.83. The molecule has 0 spiro atoms. The lowest BCUT2D eigenvalue weighted by molar-refractivity contribution is 0.0343. The molecule has 1 atom stereocenters. The Kier molecular flexibility index (Phi) is 4.48. The summed E-state index contributed by atoms with van der Waals surface area (Å²) in [6, 6.07) is 2.49. The summed E-state index contributed by atoms with van der Waals surface area (Å²) >= 11 is 0. The molecule has 114 valence electrons. The molecule has 1 saturated heterocycles. The smallest absolute Gasteiger partial charge is 0.177 e. The largest absolute Gasteiger partial charge is 0.379 e. The number of H-pyrrole nitrogens is 1. The molecule has 3 rings (SSSR count). The van der Waals surface area contributed by atoms with Crippen molar-refractivity contribution in [2.45, 2.75) is 26.4 Å². The Labute approximate surface area is 124 Å². The Morgan fingerprint density at radius 1 is 1.43 bits per heavy atom. The van der Waals surface area contributed by atoms with E-state index < -0.39 is 0 Å². The highest BCUT2D eigenvalue weighted by Gasteiger charge is 2.14. The van der Waals surface area contributed by atoms with Crippen molar-refractivity contribution in [3.05, 3.63) is 23.7 Å². The van der Waals surface area contributed by atoms with E-state index in [4.69, 9.17) is 4.74 Å². The molecular formula is C15H23N5O. The van der Waals surface area contributed by atoms with Crippen LogP contribution in [0, 0.1) is 6.92 Å². The Hall–Kier alpha value is -1.50. The van der Waals surface area contributed by atoms with Crippen molar-refractivity contribution in [1.82, 2.24) is 25.2 Å². The zero-order valence-corrected chi connectivity index (χ0v) is 12.7. The van der Waals surface area contributed by atoms with Crippen molar-refractivity contribution in [3.8, 4) is 0 Å². The molecule has 3 heterocycles. The second kappa shape index (κ2) is 6.51. The van der Waals surface area contributed by atoms with E-state index in [9.17, 15) is 0 Å². The van der Waals surface area contributed by atoms with Crippen LogP contribution in [-0.4, -0.2) is 58.7 Å². The van der Waals surface area contributed by atoms with Gasteiger partial charge in [0.15, 0.2) is 5.65 Å². The third-order valence-electron chi connectivity index (χ3n) is 3.87. The lowest BCUT2D eigenvalue weighted by Crippen LogP contribution is -2.44. The standard InChI is InChI=1S/C15H23N5O/c1-11(10-20-5-7-21-8-6-20)17-9-13-3-4-16-15-14(13)18-12(2)19-15/h3-4,11,17H,5-10H2,1-2H3,(H,16,18,19). The SMILES string of the molecule is Cc1nc2nccc(CNC(C)CN3CCOCC3)c2[nH]1. The highest BCUT2D eigenvalue weighted by molar-refractivity contribution is 5.74. The van der Waals surface area contributed by atoms with Gasteiger partial charge in [-0.25, -0.2) is 9.97 Å². The minimum atomic E-state index is 0.440. The van der Waals surface area contributed by atoms with Crippen LogP contribution in [-0.2, 0) is 11.3 Å². The number of ether oxygens (including phenoxy) is 1. The van der Waals surface area contributed by atoms with Crippen LogP contribution < -0.4 is 5.32 Å². The highest BCUT2D eigenvalue weighted by Crippen LogP contribution is 2.13. The van der Waals surface area contributed by atoms with Crippen LogP contribution in [0.2, 0.25) is 0 Å². The lowest BCUT2D eigenvalue weighted by Gasteiger charge is -2.29. The fourth-order valence-electron chi connectivity index (χ4n) is 2.75. The van der Waals surface area contributed by atoms with Gasteiger partial charge in [-0.2, -0.15) is 0 Å². The van der Waals surface area contributed by atoms with Gasteiger partial charge in [0.1, 0.15) is 5.82 Å². The lowest BCUT2D eigenvalue weighted by atomic mass is 10.2. The van der Waals surface area contributed by atoms with Crippen LogP contribution >= 0.6 is 0 Å². The molecule has 6 nitrogen and oxygen atoms in total. The number of aromatic amines is 1. The zero-order valence-electron chi connectivity index (χ0n) is 12.7. The molecule has 2 N–H and O–H groups in total. The zero-order chi connectivity index (χ0) is 14.7. The van der Waals surface area contributed by atoms with Crippen LogP contribution in [0.15, 0.2) is 12.3 Å². The highest BCUT2D eigenvalue weighted by atomic mass is 16.5. The first kappa shape index (κ1) is 14.4. The predicted octanol–water partition coefficient (Wildman–Crippen LogP) is 1.08. The fourth-order valence-corrected chi connectivity index (χ4v) is 2.75. The summed E-state index contributed by atoms with van der Waals surface area (Å²) in [5.41, 5.74) is 3.06. The minimum Gasteiger partial charge on any atom is -0.379 e. The van der Waals surface area contributed by atoms with E-state index in [0.29, 0.717) is 6.04 Å². The van der Waals surface area contributed by atoms with Gasteiger partial charge in [-0.15, -0.1) is 0 Å². The van der Waals surface area contributed by atoms with Crippen molar-refractivity contribution in [3.63, 3.8) is 0 Å². The number of morpholine rings is 1. The second-order valence-corrected chi connectivity index (χ2v) is 5.69. The predicted molar refractivity (Wildman–Crippen MR) is 82.2 cm³/mol. The maximum absolute atomic E-state index is 5.38. The summed E-state index contributed by atoms with van der Waals surface area (Å²) in [5, 5.41) is 3.59. The summed E-state index contributed by atoms with van der Waals surface area (Å²) in [4.78, 5) is 14.4. The van der Waals surface area contributed by atoms with Gasteiger partial charge in [0, 0.05) is 38.4 Å². The maximum atomic E-state index is 5.38. The number of rotatable bonds is 5. The fraction of sp³-hybridized carbons (Fsp3) is 0.600. The van der Waals surface area contributed by atoms with Gasteiger partial charge in [-0.3, -0.25) is 4.90 Å². The summed E-state index contributed by atoms with van der Waals surface area (Å²) in [6.45, 7) is 9.84. The van der Waals surface area contributed by atoms with Crippen LogP contribution in [0.3, 0.4) is 0 Å². The molecule has 1 fully saturated rings. The number of imidazole rings is 1. The topological polar surface area (TPSA) is 66.1 Å². The third-order valence-corrected chi connectivity index (χ3v) is 3.87. The molecule has 6 heteroatoms. The van der Waals surface area contributed by atoms with E-state index in [1.165, 1.54) is 5.56 Å². The molecule has 0 aliphatic carbocycles. The number of hydrogen-bond donors (Lipinski definition) is 2. The van der Waals surface area contributed by atoms with E-state index in [1.807, 2.05) is 13.1 Å². The van der Waals surface area contributed by atoms with Crippen molar-refractivity contribution >= 4 is 11.2 Å². The van der Waals surface area contributed by atoms with Gasteiger partial charge >= 0.3 is 0 Å². The van der Waals surface area contributed by atoms with Gasteiger partial charge in [-0.1, -0.05) is 0 Å². The number of pyridine rings is 1. The van der Waals surface area contributed by atoms with Crippen molar-refractivity contribution < 1.29 is 4.74 Å². The van der Waals surface area contributed by atoms with Crippen LogP contribution in [0.5, 0.6) is 0 Å². The van der Waals surface area contributed by atoms with Crippen LogP contribution in [0.1, 0.15) is 18.3 Å². The number of hydrogen-bond acceptors (Lipinski definition) is 5. The second-order valence-electron chi connectivity index (χ2n) is 5.69. The Morgan fingerprint density at radius 2 is 2.24 bits per heavy atom. The molecule has 21 heavy (non-hydrogen) atoms. The average Bonchev–Trinajstić information content (AvgIpc) is 2.87. The Bertz CT molecular complexity index is 591. The van der Waals surface area contributed by atoms with Crippen LogP contribution in [0.4, 0.5) is 0 Å². The molecule has 2 aromatic rings. The minimum absolute atomic E-state index is 0.440.